The fourth-order valence-corrected chi connectivity index (χ4v) is 0.979. The van der Waals surface area contributed by atoms with Crippen molar-refractivity contribution in [2.75, 3.05) is 40.5 Å². The summed E-state index contributed by atoms with van der Waals surface area (Å²) in [5, 5.41) is 5.80. The number of rotatable bonds is 9. The number of methoxy groups -OCH3 is 2. The zero-order valence-electron chi connectivity index (χ0n) is 9.84. The molecule has 1 atom stereocenters. The van der Waals surface area contributed by atoms with E-state index in [1.54, 1.807) is 14.2 Å². The molecular formula is C10H22N2O3. The summed E-state index contributed by atoms with van der Waals surface area (Å²) in [6.45, 7) is 4.30. The van der Waals surface area contributed by atoms with Gasteiger partial charge in [0.25, 0.3) is 0 Å². The first-order valence-corrected chi connectivity index (χ1v) is 5.19. The second-order valence-electron chi connectivity index (χ2n) is 3.37. The minimum absolute atomic E-state index is 0.00871. The molecule has 0 saturated heterocycles. The van der Waals surface area contributed by atoms with Crippen LogP contribution in [0, 0.1) is 0 Å². The third kappa shape index (κ3) is 9.65. The van der Waals surface area contributed by atoms with Crippen LogP contribution in [0.3, 0.4) is 0 Å². The number of hydrogen-bond acceptors (Lipinski definition) is 4. The van der Waals surface area contributed by atoms with Gasteiger partial charge in [-0.25, -0.2) is 0 Å². The maximum Gasteiger partial charge on any atom is 0.233 e. The molecular weight excluding hydrogens is 196 g/mol. The molecule has 0 aromatic carbocycles. The first-order chi connectivity index (χ1) is 7.20. The number of ether oxygens (including phenoxy) is 2. The van der Waals surface area contributed by atoms with Crippen LogP contribution in [0.4, 0.5) is 0 Å². The minimum Gasteiger partial charge on any atom is -0.385 e. The zero-order valence-corrected chi connectivity index (χ0v) is 9.84. The molecule has 0 bridgehead atoms. The van der Waals surface area contributed by atoms with Gasteiger partial charge in [0.15, 0.2) is 0 Å². The molecule has 0 radical (unpaired) electrons. The smallest absolute Gasteiger partial charge is 0.233 e. The van der Waals surface area contributed by atoms with E-state index < -0.39 is 0 Å². The molecule has 0 rings (SSSR count). The van der Waals surface area contributed by atoms with Gasteiger partial charge in [-0.1, -0.05) is 0 Å². The zero-order chi connectivity index (χ0) is 11.5. The van der Waals surface area contributed by atoms with Gasteiger partial charge in [-0.3, -0.25) is 4.79 Å². The summed E-state index contributed by atoms with van der Waals surface area (Å²) in [6, 6.07) is 0. The van der Waals surface area contributed by atoms with Crippen molar-refractivity contribution in [2.45, 2.75) is 19.4 Å². The Morgan fingerprint density at radius 3 is 2.73 bits per heavy atom. The van der Waals surface area contributed by atoms with E-state index in [-0.39, 0.29) is 12.0 Å². The molecule has 90 valence electrons. The molecule has 2 N–H and O–H groups in total. The molecule has 0 aliphatic heterocycles. The first kappa shape index (κ1) is 14.3. The van der Waals surface area contributed by atoms with Crippen molar-refractivity contribution < 1.29 is 14.3 Å². The summed E-state index contributed by atoms with van der Waals surface area (Å²) < 4.78 is 9.90. The summed E-state index contributed by atoms with van der Waals surface area (Å²) in [6.07, 6.45) is 0.975. The third-order valence-corrected chi connectivity index (χ3v) is 1.97. The molecule has 0 heterocycles. The summed E-state index contributed by atoms with van der Waals surface area (Å²) in [4.78, 5) is 11.2. The number of carbonyl (C=O) groups excluding carboxylic acids is 1. The largest absolute Gasteiger partial charge is 0.385 e. The normalized spacial score (nSPS) is 12.5. The molecule has 0 aliphatic rings. The van der Waals surface area contributed by atoms with Crippen molar-refractivity contribution in [1.82, 2.24) is 10.6 Å². The highest BCUT2D eigenvalue weighted by Gasteiger charge is 2.02. The van der Waals surface area contributed by atoms with Crippen molar-refractivity contribution in [3.8, 4) is 0 Å². The number of nitrogens with one attached hydrogen (secondary N) is 2. The second-order valence-corrected chi connectivity index (χ2v) is 3.37. The van der Waals surface area contributed by atoms with Crippen molar-refractivity contribution >= 4 is 5.91 Å². The van der Waals surface area contributed by atoms with Crippen LogP contribution >= 0.6 is 0 Å². The molecule has 0 spiro atoms. The number of hydrogen-bond donors (Lipinski definition) is 2. The molecule has 0 aromatic rings. The highest BCUT2D eigenvalue weighted by Crippen LogP contribution is 1.83. The number of carbonyl (C=O) groups is 1. The molecule has 1 amide bonds. The van der Waals surface area contributed by atoms with Gasteiger partial charge in [-0.2, -0.15) is 0 Å². The van der Waals surface area contributed by atoms with Crippen molar-refractivity contribution in [1.29, 1.82) is 0 Å². The predicted octanol–water partition coefficient (Wildman–Crippen LogP) is -0.236. The van der Waals surface area contributed by atoms with Crippen LogP contribution in [-0.4, -0.2) is 52.5 Å². The van der Waals surface area contributed by atoms with Gasteiger partial charge >= 0.3 is 0 Å². The van der Waals surface area contributed by atoms with Crippen LogP contribution in [0.5, 0.6) is 0 Å². The van der Waals surface area contributed by atoms with Gasteiger partial charge in [0, 0.05) is 33.9 Å². The van der Waals surface area contributed by atoms with E-state index in [9.17, 15) is 4.79 Å². The highest BCUT2D eigenvalue weighted by atomic mass is 16.5. The Hall–Kier alpha value is -0.650. The van der Waals surface area contributed by atoms with Gasteiger partial charge in [-0.15, -0.1) is 0 Å². The predicted molar refractivity (Wildman–Crippen MR) is 58.8 cm³/mol. The lowest BCUT2D eigenvalue weighted by atomic mass is 10.4. The lowest BCUT2D eigenvalue weighted by molar-refractivity contribution is -0.120. The van der Waals surface area contributed by atoms with Gasteiger partial charge in [-0.05, 0) is 13.3 Å². The molecule has 15 heavy (non-hydrogen) atoms. The monoisotopic (exact) mass is 218 g/mol. The highest BCUT2D eigenvalue weighted by molar-refractivity contribution is 5.77. The fourth-order valence-electron chi connectivity index (χ4n) is 0.979. The fraction of sp³-hybridized carbons (Fsp3) is 0.900. The summed E-state index contributed by atoms with van der Waals surface area (Å²) in [5.41, 5.74) is 0. The molecule has 1 unspecified atom stereocenters. The van der Waals surface area contributed by atoms with E-state index in [1.807, 2.05) is 6.92 Å². The van der Waals surface area contributed by atoms with E-state index in [0.717, 1.165) is 6.42 Å². The van der Waals surface area contributed by atoms with E-state index in [2.05, 4.69) is 10.6 Å². The van der Waals surface area contributed by atoms with E-state index in [0.29, 0.717) is 26.2 Å². The topological polar surface area (TPSA) is 59.6 Å². The summed E-state index contributed by atoms with van der Waals surface area (Å²) in [7, 11) is 3.30. The molecule has 0 saturated carbocycles. The van der Waals surface area contributed by atoms with E-state index >= 15 is 0 Å². The molecule has 0 aromatic heterocycles. The maximum absolute atomic E-state index is 11.2. The van der Waals surface area contributed by atoms with Crippen LogP contribution in [0.15, 0.2) is 0 Å². The van der Waals surface area contributed by atoms with Crippen molar-refractivity contribution in [3.05, 3.63) is 0 Å². The Bertz CT molecular complexity index is 165. The lowest BCUT2D eigenvalue weighted by Crippen LogP contribution is -2.37. The average Bonchev–Trinajstić information content (AvgIpc) is 2.24. The quantitative estimate of drug-likeness (QED) is 0.525. The van der Waals surface area contributed by atoms with E-state index in [4.69, 9.17) is 9.47 Å². The van der Waals surface area contributed by atoms with E-state index in [1.165, 1.54) is 0 Å². The standard InChI is InChI=1S/C10H22N2O3/c1-9(15-3)7-11-8-10(13)12-5-4-6-14-2/h9,11H,4-8H2,1-3H3,(H,12,13). The van der Waals surface area contributed by atoms with Crippen molar-refractivity contribution in [3.63, 3.8) is 0 Å². The van der Waals surface area contributed by atoms with Gasteiger partial charge in [0.1, 0.15) is 0 Å². The minimum atomic E-state index is 0.00871. The Labute approximate surface area is 91.5 Å². The summed E-state index contributed by atoms with van der Waals surface area (Å²) in [5.74, 6) is 0.00871. The van der Waals surface area contributed by atoms with Gasteiger partial charge in [0.05, 0.1) is 12.6 Å². The SMILES string of the molecule is COCCCNC(=O)CNCC(C)OC. The molecule has 5 heteroatoms. The van der Waals surface area contributed by atoms with Crippen LogP contribution in [-0.2, 0) is 14.3 Å². The summed E-state index contributed by atoms with van der Waals surface area (Å²) >= 11 is 0. The number of amides is 1. The average molecular weight is 218 g/mol. The van der Waals surface area contributed by atoms with Crippen LogP contribution < -0.4 is 10.6 Å². The maximum atomic E-state index is 11.2. The van der Waals surface area contributed by atoms with Crippen LogP contribution in [0.2, 0.25) is 0 Å². The molecule has 0 aliphatic carbocycles. The first-order valence-electron chi connectivity index (χ1n) is 5.19. The molecule has 5 nitrogen and oxygen atoms in total. The Balaban J connectivity index is 3.26. The lowest BCUT2D eigenvalue weighted by Gasteiger charge is -2.10. The Morgan fingerprint density at radius 2 is 2.13 bits per heavy atom. The second kappa shape index (κ2) is 9.89. The van der Waals surface area contributed by atoms with Gasteiger partial charge in [0.2, 0.25) is 5.91 Å². The third-order valence-electron chi connectivity index (χ3n) is 1.97. The molecule has 0 fully saturated rings. The Kier molecular flexibility index (Phi) is 9.46. The van der Waals surface area contributed by atoms with Crippen molar-refractivity contribution in [2.24, 2.45) is 0 Å². The van der Waals surface area contributed by atoms with Crippen LogP contribution in [0.25, 0.3) is 0 Å². The Morgan fingerprint density at radius 1 is 1.40 bits per heavy atom. The van der Waals surface area contributed by atoms with Gasteiger partial charge < -0.3 is 20.1 Å². The van der Waals surface area contributed by atoms with Crippen LogP contribution in [0.1, 0.15) is 13.3 Å².